The predicted octanol–water partition coefficient (Wildman–Crippen LogP) is 6.28. The lowest BCUT2D eigenvalue weighted by molar-refractivity contribution is -0.137. The summed E-state index contributed by atoms with van der Waals surface area (Å²) in [6, 6.07) is 5.71. The van der Waals surface area contributed by atoms with E-state index in [1.165, 1.54) is 25.7 Å². The Balaban J connectivity index is 0.00000450. The van der Waals surface area contributed by atoms with Gasteiger partial charge in [0.15, 0.2) is 0 Å². The number of likely N-dealkylation sites (tertiary alicyclic amines) is 1. The molecule has 1 saturated heterocycles. The van der Waals surface area contributed by atoms with Crippen LogP contribution in [0, 0.1) is 0 Å². The average Bonchev–Trinajstić information content (AvgIpc) is 2.69. The van der Waals surface area contributed by atoms with Crippen molar-refractivity contribution in [2.75, 3.05) is 6.54 Å². The van der Waals surface area contributed by atoms with Gasteiger partial charge < -0.3 is 15.1 Å². The zero-order valence-electron chi connectivity index (χ0n) is 19.3. The van der Waals surface area contributed by atoms with Crippen LogP contribution in [0.5, 0.6) is 5.75 Å². The predicted molar refractivity (Wildman–Crippen MR) is 126 cm³/mol. The number of aromatic hydroxyl groups is 1. The number of hydrogen-bond donors (Lipinski definition) is 2. The first-order valence-corrected chi connectivity index (χ1v) is 11.6. The van der Waals surface area contributed by atoms with Crippen LogP contribution in [0.1, 0.15) is 109 Å². The zero-order chi connectivity index (χ0) is 21.4. The lowest BCUT2D eigenvalue weighted by atomic mass is 9.79. The number of unbranched alkanes of at least 4 members (excludes halogenated alkanes) is 4. The third-order valence-electron chi connectivity index (χ3n) is 6.47. The molecule has 0 bridgehead atoms. The van der Waals surface area contributed by atoms with Crippen LogP contribution in [0.4, 0.5) is 0 Å². The molecular formula is C25H42ClNO3. The Morgan fingerprint density at radius 2 is 1.83 bits per heavy atom. The molecule has 2 atom stereocenters. The smallest absolute Gasteiger partial charge is 0.223 e. The molecule has 4 nitrogen and oxygen atoms in total. The van der Waals surface area contributed by atoms with Gasteiger partial charge in [-0.25, -0.2) is 0 Å². The molecule has 0 aromatic heterocycles. The molecule has 0 radical (unpaired) electrons. The van der Waals surface area contributed by atoms with Crippen molar-refractivity contribution in [3.05, 3.63) is 29.3 Å². The molecule has 1 heterocycles. The quantitative estimate of drug-likeness (QED) is 0.422. The number of phenolic OH excluding ortho intramolecular Hbond substituents is 1. The van der Waals surface area contributed by atoms with Crippen LogP contribution >= 0.6 is 12.4 Å². The Morgan fingerprint density at radius 3 is 2.47 bits per heavy atom. The molecular weight excluding hydrogens is 398 g/mol. The summed E-state index contributed by atoms with van der Waals surface area (Å²) in [5, 5.41) is 21.1. The molecule has 0 spiro atoms. The van der Waals surface area contributed by atoms with Crippen molar-refractivity contribution >= 4 is 18.3 Å². The van der Waals surface area contributed by atoms with Crippen molar-refractivity contribution in [1.82, 2.24) is 4.90 Å². The molecule has 1 aromatic carbocycles. The molecule has 1 fully saturated rings. The number of nitrogens with zero attached hydrogens (tertiary/aromatic N) is 1. The minimum Gasteiger partial charge on any atom is -0.508 e. The van der Waals surface area contributed by atoms with Crippen LogP contribution in [0.3, 0.4) is 0 Å². The first-order valence-electron chi connectivity index (χ1n) is 11.6. The lowest BCUT2D eigenvalue weighted by Crippen LogP contribution is -2.42. The number of hydrogen-bond acceptors (Lipinski definition) is 3. The number of amides is 1. The first kappa shape index (κ1) is 26.8. The van der Waals surface area contributed by atoms with E-state index in [4.69, 9.17) is 0 Å². The highest BCUT2D eigenvalue weighted by molar-refractivity contribution is 5.85. The Hall–Kier alpha value is -1.26. The third-order valence-corrected chi connectivity index (χ3v) is 6.47. The van der Waals surface area contributed by atoms with E-state index >= 15 is 0 Å². The fourth-order valence-corrected chi connectivity index (χ4v) is 4.40. The van der Waals surface area contributed by atoms with Crippen molar-refractivity contribution in [1.29, 1.82) is 0 Å². The molecule has 2 rings (SSSR count). The second-order valence-corrected chi connectivity index (χ2v) is 9.35. The summed E-state index contributed by atoms with van der Waals surface area (Å²) in [6.07, 6.45) is 9.11. The number of aliphatic hydroxyl groups is 1. The molecule has 1 aromatic rings. The largest absolute Gasteiger partial charge is 0.508 e. The average molecular weight is 440 g/mol. The van der Waals surface area contributed by atoms with Crippen LogP contribution in [0.2, 0.25) is 0 Å². The monoisotopic (exact) mass is 439 g/mol. The van der Waals surface area contributed by atoms with Gasteiger partial charge in [-0.3, -0.25) is 4.79 Å². The topological polar surface area (TPSA) is 60.8 Å². The van der Waals surface area contributed by atoms with E-state index < -0.39 is 6.10 Å². The number of piperidine rings is 1. The summed E-state index contributed by atoms with van der Waals surface area (Å²) >= 11 is 0. The maximum atomic E-state index is 12.7. The summed E-state index contributed by atoms with van der Waals surface area (Å²) < 4.78 is 0. The van der Waals surface area contributed by atoms with Gasteiger partial charge in [-0.15, -0.1) is 12.4 Å². The van der Waals surface area contributed by atoms with Gasteiger partial charge in [0, 0.05) is 18.5 Å². The SMILES string of the molecule is CCCCCCC(C)(C)c1ccc([C@H]2C[C@@H](O)CCN2C(=O)CCCC)c(O)c1.Cl. The molecule has 2 N–H and O–H groups in total. The summed E-state index contributed by atoms with van der Waals surface area (Å²) in [5.41, 5.74) is 1.90. The van der Waals surface area contributed by atoms with Crippen LogP contribution < -0.4 is 0 Å². The molecule has 5 heteroatoms. The maximum Gasteiger partial charge on any atom is 0.223 e. The number of halogens is 1. The van der Waals surface area contributed by atoms with Crippen molar-refractivity contribution in [2.45, 2.75) is 109 Å². The van der Waals surface area contributed by atoms with Gasteiger partial charge >= 0.3 is 0 Å². The van der Waals surface area contributed by atoms with Crippen LogP contribution in [0.25, 0.3) is 0 Å². The number of rotatable bonds is 10. The summed E-state index contributed by atoms with van der Waals surface area (Å²) in [5.74, 6) is 0.375. The summed E-state index contributed by atoms with van der Waals surface area (Å²) in [6.45, 7) is 9.33. The number of carbonyl (C=O) groups is 1. The normalized spacial score (nSPS) is 19.4. The van der Waals surface area contributed by atoms with E-state index in [0.29, 0.717) is 25.8 Å². The van der Waals surface area contributed by atoms with Crippen LogP contribution in [-0.4, -0.2) is 33.7 Å². The van der Waals surface area contributed by atoms with Crippen molar-refractivity contribution in [3.63, 3.8) is 0 Å². The Kier molecular flexibility index (Phi) is 11.2. The highest BCUT2D eigenvalue weighted by Crippen LogP contribution is 2.39. The molecule has 1 aliphatic rings. The van der Waals surface area contributed by atoms with Gasteiger partial charge in [-0.05, 0) is 42.7 Å². The molecule has 1 amide bonds. The van der Waals surface area contributed by atoms with E-state index in [-0.39, 0.29) is 35.5 Å². The van der Waals surface area contributed by atoms with E-state index in [1.807, 2.05) is 17.0 Å². The van der Waals surface area contributed by atoms with Crippen molar-refractivity contribution < 1.29 is 15.0 Å². The fraction of sp³-hybridized carbons (Fsp3) is 0.720. The van der Waals surface area contributed by atoms with E-state index in [0.717, 1.165) is 30.4 Å². The molecule has 1 aliphatic heterocycles. The number of benzene rings is 1. The second-order valence-electron chi connectivity index (χ2n) is 9.35. The van der Waals surface area contributed by atoms with Gasteiger partial charge in [-0.1, -0.05) is 71.9 Å². The standard InChI is InChI=1S/C25H41NO3.ClH/c1-5-7-9-10-15-25(3,4)19-12-13-21(23(28)17-19)22-18-20(27)14-16-26(22)24(29)11-8-6-2;/h12-13,17,20,22,27-28H,5-11,14-16,18H2,1-4H3;1H/t20-,22+;/m0./s1. The highest BCUT2D eigenvalue weighted by Gasteiger charge is 2.33. The molecule has 0 saturated carbocycles. The Bertz CT molecular complexity index is 662. The van der Waals surface area contributed by atoms with Crippen molar-refractivity contribution in [2.24, 2.45) is 0 Å². The summed E-state index contributed by atoms with van der Waals surface area (Å²) in [7, 11) is 0. The van der Waals surface area contributed by atoms with Gasteiger partial charge in [0.05, 0.1) is 12.1 Å². The lowest BCUT2D eigenvalue weighted by Gasteiger charge is -2.39. The minimum atomic E-state index is -0.427. The van der Waals surface area contributed by atoms with Crippen LogP contribution in [0.15, 0.2) is 18.2 Å². The number of aliphatic hydroxyl groups excluding tert-OH is 1. The van der Waals surface area contributed by atoms with Crippen LogP contribution in [-0.2, 0) is 10.2 Å². The van der Waals surface area contributed by atoms with Crippen molar-refractivity contribution in [3.8, 4) is 5.75 Å². The number of carbonyl (C=O) groups excluding carboxylic acids is 1. The molecule has 0 unspecified atom stereocenters. The van der Waals surface area contributed by atoms with Gasteiger partial charge in [0.2, 0.25) is 5.91 Å². The Labute approximate surface area is 189 Å². The molecule has 0 aliphatic carbocycles. The number of phenols is 1. The Morgan fingerprint density at radius 1 is 1.13 bits per heavy atom. The van der Waals surface area contributed by atoms with E-state index in [1.54, 1.807) is 0 Å². The van der Waals surface area contributed by atoms with Gasteiger partial charge in [0.25, 0.3) is 0 Å². The minimum absolute atomic E-state index is 0. The third kappa shape index (κ3) is 7.16. The van der Waals surface area contributed by atoms with E-state index in [2.05, 4.69) is 33.8 Å². The maximum absolute atomic E-state index is 12.7. The highest BCUT2D eigenvalue weighted by atomic mass is 35.5. The van der Waals surface area contributed by atoms with Gasteiger partial charge in [0.1, 0.15) is 5.75 Å². The van der Waals surface area contributed by atoms with E-state index in [9.17, 15) is 15.0 Å². The molecule has 30 heavy (non-hydrogen) atoms. The summed E-state index contributed by atoms with van der Waals surface area (Å²) in [4.78, 5) is 14.6. The first-order chi connectivity index (χ1) is 13.8. The zero-order valence-corrected chi connectivity index (χ0v) is 20.1. The molecule has 172 valence electrons. The van der Waals surface area contributed by atoms with Gasteiger partial charge in [-0.2, -0.15) is 0 Å². The second kappa shape index (κ2) is 12.6. The fourth-order valence-electron chi connectivity index (χ4n) is 4.40.